The second-order valence-electron chi connectivity index (χ2n) is 6.66. The van der Waals surface area contributed by atoms with E-state index < -0.39 is 9.84 Å². The van der Waals surface area contributed by atoms with E-state index in [1.807, 2.05) is 36.1 Å². The van der Waals surface area contributed by atoms with Crippen molar-refractivity contribution in [3.05, 3.63) is 29.8 Å². The third-order valence-corrected chi connectivity index (χ3v) is 6.62. The molecule has 3 rings (SSSR count). The van der Waals surface area contributed by atoms with Crippen LogP contribution < -0.4 is 4.74 Å². The van der Waals surface area contributed by atoms with E-state index in [0.29, 0.717) is 12.8 Å². The van der Waals surface area contributed by atoms with Crippen LogP contribution in [0.15, 0.2) is 24.3 Å². The van der Waals surface area contributed by atoms with Crippen molar-refractivity contribution in [2.45, 2.75) is 49.9 Å². The highest BCUT2D eigenvalue weighted by Gasteiger charge is 2.45. The maximum Gasteiger partial charge on any atom is 0.261 e. The van der Waals surface area contributed by atoms with Crippen LogP contribution in [0.1, 0.15) is 31.2 Å². The Kier molecular flexibility index (Phi) is 4.36. The van der Waals surface area contributed by atoms with Gasteiger partial charge in [0.1, 0.15) is 15.6 Å². The Morgan fingerprint density at radius 2 is 1.83 bits per heavy atom. The second kappa shape index (κ2) is 6.15. The fourth-order valence-corrected chi connectivity index (χ4v) is 4.96. The third-order valence-electron chi connectivity index (χ3n) is 5.03. The van der Waals surface area contributed by atoms with E-state index in [-0.39, 0.29) is 29.8 Å². The summed E-state index contributed by atoms with van der Waals surface area (Å²) in [6.07, 6.45) is 4.21. The lowest BCUT2D eigenvalue weighted by Crippen LogP contribution is -2.51. The molecule has 2 aliphatic rings. The minimum atomic E-state index is -3.03. The summed E-state index contributed by atoms with van der Waals surface area (Å²) in [4.78, 5) is 14.4. The van der Waals surface area contributed by atoms with Crippen LogP contribution in [0, 0.1) is 6.92 Å². The van der Waals surface area contributed by atoms with E-state index in [1.54, 1.807) is 0 Å². The number of nitrogens with zero attached hydrogens (tertiary/aromatic N) is 1. The highest BCUT2D eigenvalue weighted by Crippen LogP contribution is 2.38. The zero-order valence-corrected chi connectivity index (χ0v) is 14.4. The van der Waals surface area contributed by atoms with Crippen LogP contribution in [-0.2, 0) is 14.6 Å². The molecule has 0 radical (unpaired) electrons. The van der Waals surface area contributed by atoms with Gasteiger partial charge in [0.2, 0.25) is 0 Å². The molecule has 0 unspecified atom stereocenters. The molecule has 0 aromatic heterocycles. The molecule has 23 heavy (non-hydrogen) atoms. The lowest BCUT2D eigenvalue weighted by atomic mass is 10.0. The molecule has 2 bridgehead atoms. The molecule has 6 heteroatoms. The van der Waals surface area contributed by atoms with Gasteiger partial charge in [-0.1, -0.05) is 18.2 Å². The van der Waals surface area contributed by atoms with Crippen molar-refractivity contribution >= 4 is 15.7 Å². The summed E-state index contributed by atoms with van der Waals surface area (Å²) in [5, 5.41) is -0.304. The van der Waals surface area contributed by atoms with Gasteiger partial charge in [0, 0.05) is 18.3 Å². The van der Waals surface area contributed by atoms with Crippen LogP contribution >= 0.6 is 0 Å². The van der Waals surface area contributed by atoms with Crippen molar-refractivity contribution in [3.63, 3.8) is 0 Å². The third kappa shape index (κ3) is 3.37. The number of carbonyl (C=O) groups excluding carboxylic acids is 1. The Morgan fingerprint density at radius 3 is 2.39 bits per heavy atom. The number of rotatable bonds is 4. The van der Waals surface area contributed by atoms with Crippen molar-refractivity contribution in [1.29, 1.82) is 0 Å². The number of para-hydroxylation sites is 1. The van der Waals surface area contributed by atoms with Gasteiger partial charge in [-0.25, -0.2) is 8.42 Å². The topological polar surface area (TPSA) is 63.7 Å². The molecule has 0 aliphatic carbocycles. The molecule has 5 nitrogen and oxygen atoms in total. The summed E-state index contributed by atoms with van der Waals surface area (Å²) in [6, 6.07) is 7.70. The summed E-state index contributed by atoms with van der Waals surface area (Å²) < 4.78 is 29.3. The normalized spacial score (nSPS) is 27.0. The Labute approximate surface area is 137 Å². The number of hydrogen-bond acceptors (Lipinski definition) is 4. The maximum absolute atomic E-state index is 12.6. The van der Waals surface area contributed by atoms with Crippen LogP contribution in [0.4, 0.5) is 0 Å². The zero-order chi connectivity index (χ0) is 16.6. The van der Waals surface area contributed by atoms with Crippen LogP contribution in [0.2, 0.25) is 0 Å². The van der Waals surface area contributed by atoms with Gasteiger partial charge < -0.3 is 9.64 Å². The molecule has 0 spiro atoms. The van der Waals surface area contributed by atoms with Gasteiger partial charge >= 0.3 is 0 Å². The first-order valence-electron chi connectivity index (χ1n) is 8.04. The fraction of sp³-hybridized carbons (Fsp3) is 0.588. The Balaban J connectivity index is 1.64. The molecule has 0 N–H and O–H groups in total. The van der Waals surface area contributed by atoms with E-state index >= 15 is 0 Å². The summed E-state index contributed by atoms with van der Waals surface area (Å²) >= 11 is 0. The number of carbonyl (C=O) groups is 1. The van der Waals surface area contributed by atoms with Crippen LogP contribution in [0.5, 0.6) is 5.75 Å². The lowest BCUT2D eigenvalue weighted by molar-refractivity contribution is -0.137. The van der Waals surface area contributed by atoms with Crippen LogP contribution in [0.25, 0.3) is 0 Å². The molecule has 1 amide bonds. The van der Waals surface area contributed by atoms with Gasteiger partial charge in [-0.3, -0.25) is 4.79 Å². The fourth-order valence-electron chi connectivity index (χ4n) is 3.82. The predicted molar refractivity (Wildman–Crippen MR) is 88.2 cm³/mol. The van der Waals surface area contributed by atoms with Gasteiger partial charge in [0.15, 0.2) is 6.61 Å². The molecule has 126 valence electrons. The largest absolute Gasteiger partial charge is 0.484 e. The molecule has 2 heterocycles. The molecule has 1 aromatic rings. The van der Waals surface area contributed by atoms with Gasteiger partial charge in [-0.05, 0) is 44.2 Å². The Hall–Kier alpha value is -1.56. The van der Waals surface area contributed by atoms with E-state index in [1.165, 1.54) is 6.26 Å². The van der Waals surface area contributed by atoms with Crippen molar-refractivity contribution < 1.29 is 17.9 Å². The van der Waals surface area contributed by atoms with Crippen molar-refractivity contribution in [3.8, 4) is 5.75 Å². The SMILES string of the molecule is Cc1ccccc1OCC(=O)N1[C@H]2CC[C@H]1CC(S(C)(=O)=O)C2. The smallest absolute Gasteiger partial charge is 0.261 e. The minimum Gasteiger partial charge on any atom is -0.484 e. The van der Waals surface area contributed by atoms with E-state index in [2.05, 4.69) is 0 Å². The summed E-state index contributed by atoms with van der Waals surface area (Å²) in [5.74, 6) is 0.687. The highest BCUT2D eigenvalue weighted by molar-refractivity contribution is 7.91. The van der Waals surface area contributed by atoms with E-state index in [9.17, 15) is 13.2 Å². The van der Waals surface area contributed by atoms with Crippen molar-refractivity contribution in [2.75, 3.05) is 12.9 Å². The standard InChI is InChI=1S/C17H23NO4S/c1-12-5-3-4-6-16(12)22-11-17(19)18-13-7-8-14(18)10-15(9-13)23(2,20)21/h3-6,13-15H,7-11H2,1-2H3/t13-,14-/m0/s1. The van der Waals surface area contributed by atoms with Crippen molar-refractivity contribution in [1.82, 2.24) is 4.90 Å². The predicted octanol–water partition coefficient (Wildman–Crippen LogP) is 1.94. The van der Waals surface area contributed by atoms with Crippen molar-refractivity contribution in [2.24, 2.45) is 0 Å². The molecule has 2 saturated heterocycles. The lowest BCUT2D eigenvalue weighted by Gasteiger charge is -2.38. The Morgan fingerprint density at radius 1 is 1.22 bits per heavy atom. The number of benzene rings is 1. The molecular formula is C17H23NO4S. The number of piperidine rings is 1. The van der Waals surface area contributed by atoms with Gasteiger partial charge in [-0.2, -0.15) is 0 Å². The van der Waals surface area contributed by atoms with Gasteiger partial charge in [0.05, 0.1) is 5.25 Å². The van der Waals surface area contributed by atoms with Gasteiger partial charge in [0.25, 0.3) is 5.91 Å². The summed E-state index contributed by atoms with van der Waals surface area (Å²) in [7, 11) is -3.03. The number of sulfone groups is 1. The highest BCUT2D eigenvalue weighted by atomic mass is 32.2. The number of fused-ring (bicyclic) bond motifs is 2. The van der Waals surface area contributed by atoms with E-state index in [0.717, 1.165) is 24.2 Å². The number of aryl methyl sites for hydroxylation is 1. The molecular weight excluding hydrogens is 314 g/mol. The molecule has 1 aromatic carbocycles. The van der Waals surface area contributed by atoms with Crippen LogP contribution in [0.3, 0.4) is 0 Å². The maximum atomic E-state index is 12.6. The minimum absolute atomic E-state index is 0.0153. The summed E-state index contributed by atoms with van der Waals surface area (Å²) in [5.41, 5.74) is 0.999. The van der Waals surface area contributed by atoms with E-state index in [4.69, 9.17) is 4.74 Å². The first kappa shape index (κ1) is 16.3. The molecule has 2 aliphatic heterocycles. The number of amides is 1. The molecule has 2 atom stereocenters. The first-order chi connectivity index (χ1) is 10.9. The average molecular weight is 337 g/mol. The monoisotopic (exact) mass is 337 g/mol. The number of ether oxygens (including phenoxy) is 1. The number of hydrogen-bond donors (Lipinski definition) is 0. The Bertz CT molecular complexity index is 686. The second-order valence-corrected chi connectivity index (χ2v) is 8.99. The summed E-state index contributed by atoms with van der Waals surface area (Å²) in [6.45, 7) is 1.96. The van der Waals surface area contributed by atoms with Gasteiger partial charge in [-0.15, -0.1) is 0 Å². The molecule has 0 saturated carbocycles. The first-order valence-corrected chi connectivity index (χ1v) is 10.00. The van der Waals surface area contributed by atoms with Crippen LogP contribution in [-0.4, -0.2) is 49.4 Å². The molecule has 2 fully saturated rings. The zero-order valence-electron chi connectivity index (χ0n) is 13.6. The average Bonchev–Trinajstić information content (AvgIpc) is 2.75. The quantitative estimate of drug-likeness (QED) is 0.842.